The zero-order valence-electron chi connectivity index (χ0n) is 19.0. The van der Waals surface area contributed by atoms with E-state index in [0.717, 1.165) is 5.56 Å². The second-order valence-electron chi connectivity index (χ2n) is 7.97. The normalized spacial score (nSPS) is 15.1. The molecule has 0 spiro atoms. The molecule has 2 amide bonds. The molecule has 0 unspecified atom stereocenters. The quantitative estimate of drug-likeness (QED) is 0.548. The lowest BCUT2D eigenvalue weighted by Crippen LogP contribution is -2.32. The number of benzene rings is 3. The number of anilines is 2. The number of fused-ring (bicyclic) bond motifs is 1. The molecule has 3 aromatic carbocycles. The fraction of sp³-hybridized carbons (Fsp3) is 0.185. The average Bonchev–Trinajstić information content (AvgIpc) is 3.09. The molecule has 0 saturated heterocycles. The summed E-state index contributed by atoms with van der Waals surface area (Å²) in [5.41, 5.74) is 3.34. The number of amides is 2. The molecule has 0 aromatic heterocycles. The van der Waals surface area contributed by atoms with Crippen LogP contribution in [0.2, 0.25) is 0 Å². The van der Waals surface area contributed by atoms with Gasteiger partial charge in [0, 0.05) is 11.8 Å². The molecular weight excluding hydrogens is 432 g/mol. The number of imide groups is 1. The first-order valence-corrected chi connectivity index (χ1v) is 11.1. The van der Waals surface area contributed by atoms with E-state index in [-0.39, 0.29) is 5.70 Å². The maximum absolute atomic E-state index is 13.6. The largest absolute Gasteiger partial charge is 0.494 e. The van der Waals surface area contributed by atoms with Gasteiger partial charge in [0.1, 0.15) is 24.7 Å². The second kappa shape index (κ2) is 8.94. The molecule has 5 rings (SSSR count). The highest BCUT2D eigenvalue weighted by molar-refractivity contribution is 6.46. The Morgan fingerprint density at radius 3 is 2.29 bits per heavy atom. The SMILES string of the molecule is CCOc1ccc(N2C(=O)C(Nc3ccc4c(c3)OCCO4)=C(c3ccc(C)cc3)C2=O)cc1. The van der Waals surface area contributed by atoms with Crippen LogP contribution in [0.5, 0.6) is 17.2 Å². The zero-order valence-corrected chi connectivity index (χ0v) is 19.0. The van der Waals surface area contributed by atoms with Gasteiger partial charge in [-0.2, -0.15) is 0 Å². The van der Waals surface area contributed by atoms with Crippen LogP contribution in [0.4, 0.5) is 11.4 Å². The summed E-state index contributed by atoms with van der Waals surface area (Å²) in [7, 11) is 0. The van der Waals surface area contributed by atoms with Crippen LogP contribution >= 0.6 is 0 Å². The van der Waals surface area contributed by atoms with Gasteiger partial charge in [-0.25, -0.2) is 4.90 Å². The minimum Gasteiger partial charge on any atom is -0.494 e. The van der Waals surface area contributed by atoms with E-state index in [2.05, 4.69) is 5.32 Å². The third kappa shape index (κ3) is 3.96. The molecule has 0 bridgehead atoms. The van der Waals surface area contributed by atoms with E-state index >= 15 is 0 Å². The monoisotopic (exact) mass is 456 g/mol. The summed E-state index contributed by atoms with van der Waals surface area (Å²) in [5, 5.41) is 3.17. The van der Waals surface area contributed by atoms with Gasteiger partial charge in [-0.15, -0.1) is 0 Å². The van der Waals surface area contributed by atoms with Crippen molar-refractivity contribution in [1.29, 1.82) is 0 Å². The van der Waals surface area contributed by atoms with Crippen molar-refractivity contribution in [2.75, 3.05) is 30.0 Å². The van der Waals surface area contributed by atoms with Crippen molar-refractivity contribution in [1.82, 2.24) is 0 Å². The van der Waals surface area contributed by atoms with E-state index in [4.69, 9.17) is 14.2 Å². The third-order valence-corrected chi connectivity index (χ3v) is 5.64. The molecule has 0 aliphatic carbocycles. The topological polar surface area (TPSA) is 77.1 Å². The van der Waals surface area contributed by atoms with Crippen molar-refractivity contribution in [3.63, 3.8) is 0 Å². The molecule has 7 heteroatoms. The minimum atomic E-state index is -0.431. The van der Waals surface area contributed by atoms with Gasteiger partial charge in [-0.05, 0) is 55.8 Å². The van der Waals surface area contributed by atoms with E-state index in [9.17, 15) is 9.59 Å². The van der Waals surface area contributed by atoms with Crippen molar-refractivity contribution in [2.45, 2.75) is 13.8 Å². The van der Waals surface area contributed by atoms with Crippen LogP contribution in [-0.4, -0.2) is 31.6 Å². The number of hydrogen-bond acceptors (Lipinski definition) is 6. The Hall–Kier alpha value is -4.26. The van der Waals surface area contributed by atoms with Crippen molar-refractivity contribution >= 4 is 28.8 Å². The maximum Gasteiger partial charge on any atom is 0.282 e. The first kappa shape index (κ1) is 21.6. The summed E-state index contributed by atoms with van der Waals surface area (Å²) >= 11 is 0. The predicted octanol–water partition coefficient (Wildman–Crippen LogP) is 4.56. The smallest absolute Gasteiger partial charge is 0.282 e. The number of carbonyl (C=O) groups is 2. The van der Waals surface area contributed by atoms with Gasteiger partial charge in [-0.1, -0.05) is 29.8 Å². The van der Waals surface area contributed by atoms with E-state index < -0.39 is 11.8 Å². The van der Waals surface area contributed by atoms with E-state index in [1.165, 1.54) is 4.90 Å². The van der Waals surface area contributed by atoms with Crippen LogP contribution < -0.4 is 24.4 Å². The lowest BCUT2D eigenvalue weighted by Gasteiger charge is -2.19. The lowest BCUT2D eigenvalue weighted by atomic mass is 10.0. The molecule has 0 radical (unpaired) electrons. The second-order valence-corrected chi connectivity index (χ2v) is 7.97. The van der Waals surface area contributed by atoms with Gasteiger partial charge in [0.15, 0.2) is 11.5 Å². The summed E-state index contributed by atoms with van der Waals surface area (Å²) in [4.78, 5) is 28.3. The molecule has 1 N–H and O–H groups in total. The maximum atomic E-state index is 13.6. The Bertz CT molecular complexity index is 1280. The molecule has 2 aliphatic heterocycles. The number of nitrogens with one attached hydrogen (secondary N) is 1. The molecule has 2 aliphatic rings. The molecule has 2 heterocycles. The minimum absolute atomic E-state index is 0.208. The van der Waals surface area contributed by atoms with Crippen molar-refractivity contribution in [3.05, 3.63) is 83.6 Å². The number of hydrogen-bond donors (Lipinski definition) is 1. The first-order valence-electron chi connectivity index (χ1n) is 11.1. The van der Waals surface area contributed by atoms with Crippen LogP contribution in [-0.2, 0) is 9.59 Å². The Morgan fingerprint density at radius 2 is 1.59 bits per heavy atom. The number of ether oxygens (including phenoxy) is 3. The fourth-order valence-corrected chi connectivity index (χ4v) is 3.99. The highest BCUT2D eigenvalue weighted by Gasteiger charge is 2.40. The van der Waals surface area contributed by atoms with Crippen molar-refractivity contribution in [3.8, 4) is 17.2 Å². The summed E-state index contributed by atoms with van der Waals surface area (Å²) in [6.45, 7) is 5.35. The molecule has 34 heavy (non-hydrogen) atoms. The predicted molar refractivity (Wildman–Crippen MR) is 129 cm³/mol. The third-order valence-electron chi connectivity index (χ3n) is 5.64. The van der Waals surface area contributed by atoms with Crippen LogP contribution in [0.25, 0.3) is 5.57 Å². The zero-order chi connectivity index (χ0) is 23.7. The molecular formula is C27H24N2O5. The number of rotatable bonds is 6. The molecule has 0 atom stereocenters. The van der Waals surface area contributed by atoms with Gasteiger partial charge < -0.3 is 19.5 Å². The molecule has 0 fully saturated rings. The molecule has 172 valence electrons. The number of carbonyl (C=O) groups excluding carboxylic acids is 2. The van der Waals surface area contributed by atoms with Crippen molar-refractivity contribution < 1.29 is 23.8 Å². The summed E-state index contributed by atoms with van der Waals surface area (Å²) < 4.78 is 16.7. The van der Waals surface area contributed by atoms with E-state index in [1.807, 2.05) is 38.1 Å². The van der Waals surface area contributed by atoms with Crippen LogP contribution in [0, 0.1) is 6.92 Å². The van der Waals surface area contributed by atoms with Gasteiger partial charge in [0.2, 0.25) is 0 Å². The molecule has 0 saturated carbocycles. The first-order chi connectivity index (χ1) is 16.5. The Balaban J connectivity index is 1.54. The summed E-state index contributed by atoms with van der Waals surface area (Å²) in [6.07, 6.45) is 0. The Morgan fingerprint density at radius 1 is 0.882 bits per heavy atom. The molecule has 3 aromatic rings. The van der Waals surface area contributed by atoms with Crippen LogP contribution in [0.1, 0.15) is 18.1 Å². The van der Waals surface area contributed by atoms with Crippen molar-refractivity contribution in [2.24, 2.45) is 0 Å². The highest BCUT2D eigenvalue weighted by Crippen LogP contribution is 2.37. The van der Waals surface area contributed by atoms with Gasteiger partial charge in [-0.3, -0.25) is 9.59 Å². The fourth-order valence-electron chi connectivity index (χ4n) is 3.99. The van der Waals surface area contributed by atoms with Gasteiger partial charge in [0.05, 0.1) is 17.9 Å². The number of aryl methyl sites for hydroxylation is 1. The van der Waals surface area contributed by atoms with Gasteiger partial charge >= 0.3 is 0 Å². The number of nitrogens with zero attached hydrogens (tertiary/aromatic N) is 1. The standard InChI is InChI=1S/C27H24N2O5/c1-3-32-21-11-9-20(10-12-21)29-26(30)24(18-6-4-17(2)5-7-18)25(27(29)31)28-19-8-13-22-23(16-19)34-15-14-33-22/h4-13,16,28H,3,14-15H2,1-2H3. The Kier molecular flexibility index (Phi) is 5.67. The average molecular weight is 456 g/mol. The van der Waals surface area contributed by atoms with E-state index in [0.29, 0.717) is 59.6 Å². The molecule has 7 nitrogen and oxygen atoms in total. The highest BCUT2D eigenvalue weighted by atomic mass is 16.6. The summed E-state index contributed by atoms with van der Waals surface area (Å²) in [5.74, 6) is 1.09. The van der Waals surface area contributed by atoms with E-state index in [1.54, 1.807) is 42.5 Å². The lowest BCUT2D eigenvalue weighted by molar-refractivity contribution is -0.120. The van der Waals surface area contributed by atoms with Crippen LogP contribution in [0.15, 0.2) is 72.4 Å². The van der Waals surface area contributed by atoms with Crippen LogP contribution in [0.3, 0.4) is 0 Å². The summed E-state index contributed by atoms with van der Waals surface area (Å²) in [6, 6.07) is 19.8. The van der Waals surface area contributed by atoms with Gasteiger partial charge in [0.25, 0.3) is 11.8 Å². The Labute approximate surface area is 197 Å².